The van der Waals surface area contributed by atoms with Crippen molar-refractivity contribution in [1.29, 1.82) is 0 Å². The minimum atomic E-state index is -1.34. The Hall–Kier alpha value is 0.0875. The van der Waals surface area contributed by atoms with Gasteiger partial charge in [0.25, 0.3) is 0 Å². The van der Waals surface area contributed by atoms with Crippen LogP contribution in [0.4, 0.5) is 0 Å². The molecule has 0 aliphatic carbocycles. The Balaban J connectivity index is 5.00. The molecule has 0 aliphatic heterocycles. The van der Waals surface area contributed by atoms with Gasteiger partial charge in [-0.1, -0.05) is 83.6 Å². The zero-order chi connectivity index (χ0) is 18.4. The fraction of sp³-hybridized carbons (Fsp3) is 0.684. The molecule has 0 spiro atoms. The smallest absolute Gasteiger partial charge is 0.0534 e. The highest BCUT2D eigenvalue weighted by Crippen LogP contribution is 2.24. The summed E-state index contributed by atoms with van der Waals surface area (Å²) in [6.45, 7) is 23.8. The van der Waals surface area contributed by atoms with Crippen LogP contribution in [-0.4, -0.2) is 32.3 Å². The molecule has 0 nitrogen and oxygen atoms in total. The van der Waals surface area contributed by atoms with Crippen molar-refractivity contribution in [3.8, 4) is 0 Å². The average molecular weight is 380 g/mol. The fourth-order valence-corrected chi connectivity index (χ4v) is 7.10. The highest BCUT2D eigenvalue weighted by molar-refractivity contribution is 6.82. The minimum absolute atomic E-state index is 1.20. The van der Waals surface area contributed by atoms with Crippen molar-refractivity contribution in [2.75, 3.05) is 0 Å². The first-order valence-electron chi connectivity index (χ1n) is 8.90. The van der Waals surface area contributed by atoms with E-state index in [1.54, 1.807) is 0 Å². The molecular formula is C19H39Si4-3. The van der Waals surface area contributed by atoms with Gasteiger partial charge in [-0.05, 0) is 0 Å². The summed E-state index contributed by atoms with van der Waals surface area (Å²) < 4.78 is 0. The lowest BCUT2D eigenvalue weighted by Crippen LogP contribution is -2.29. The van der Waals surface area contributed by atoms with Gasteiger partial charge >= 0.3 is 0 Å². The Kier molecular flexibility index (Phi) is 9.01. The molecule has 0 saturated heterocycles. The van der Waals surface area contributed by atoms with Crippen molar-refractivity contribution < 1.29 is 0 Å². The van der Waals surface area contributed by atoms with Crippen LogP contribution in [0.15, 0.2) is 18.2 Å². The maximum Gasteiger partial charge on any atom is 0.0534 e. The van der Waals surface area contributed by atoms with E-state index in [0.717, 1.165) is 0 Å². The summed E-state index contributed by atoms with van der Waals surface area (Å²) >= 11 is 0. The normalized spacial score (nSPS) is 17.5. The van der Waals surface area contributed by atoms with Crippen LogP contribution in [0.3, 0.4) is 0 Å². The van der Waals surface area contributed by atoms with Gasteiger partial charge in [-0.2, -0.15) is 0 Å². The third-order valence-corrected chi connectivity index (χ3v) is 10.2. The summed E-state index contributed by atoms with van der Waals surface area (Å²) in [5.41, 5.74) is 11.1. The van der Waals surface area contributed by atoms with Gasteiger partial charge in [0.2, 0.25) is 0 Å². The van der Waals surface area contributed by atoms with Crippen molar-refractivity contribution >= 4 is 32.3 Å². The second-order valence-electron chi connectivity index (χ2n) is 10.2. The highest BCUT2D eigenvalue weighted by Gasteiger charge is 2.19. The van der Waals surface area contributed by atoms with E-state index < -0.39 is 32.3 Å². The first-order chi connectivity index (χ1) is 10.1. The lowest BCUT2D eigenvalue weighted by molar-refractivity contribution is 1.34. The van der Waals surface area contributed by atoms with E-state index in [-0.39, 0.29) is 0 Å². The molecule has 0 fully saturated rings. The van der Waals surface area contributed by atoms with Crippen molar-refractivity contribution in [1.82, 2.24) is 0 Å². The minimum Gasteiger partial charge on any atom is -0.502 e. The Morgan fingerprint density at radius 2 is 0.696 bits per heavy atom. The second-order valence-corrected chi connectivity index (χ2v) is 29.4. The van der Waals surface area contributed by atoms with Crippen molar-refractivity contribution in [2.45, 2.75) is 83.6 Å². The summed E-state index contributed by atoms with van der Waals surface area (Å²) in [5, 5.41) is 0. The Labute approximate surface area is 151 Å². The zero-order valence-electron chi connectivity index (χ0n) is 17.4. The highest BCUT2D eigenvalue weighted by atomic mass is 28.3. The van der Waals surface area contributed by atoms with Gasteiger partial charge in [0.1, 0.15) is 0 Å². The van der Waals surface area contributed by atoms with Crippen LogP contribution in [-0.2, 0) is 0 Å². The van der Waals surface area contributed by atoms with Crippen LogP contribution < -0.4 is 0 Å². The molecule has 134 valence electrons. The van der Waals surface area contributed by atoms with Crippen LogP contribution in [0.2, 0.25) is 83.6 Å². The van der Waals surface area contributed by atoms with Gasteiger partial charge in [-0.15, -0.1) is 24.2 Å². The summed E-state index contributed by atoms with van der Waals surface area (Å²) in [6, 6.07) is 3.72. The molecule has 0 aliphatic rings. The van der Waals surface area contributed by atoms with Gasteiger partial charge < -0.3 is 17.1 Å². The standard InChI is InChI=1S/C19H39Si4/c1-20(2,3)14-11-17-23(10,18-12-15-21(4,5)6)19-13-16-22(7,8)9/h11-13H,17-19H2,1-10H3/q-3. The van der Waals surface area contributed by atoms with Crippen molar-refractivity contribution in [3.63, 3.8) is 0 Å². The maximum atomic E-state index is 3.69. The quantitative estimate of drug-likeness (QED) is 0.306. The summed E-state index contributed by atoms with van der Waals surface area (Å²) in [4.78, 5) is 0. The van der Waals surface area contributed by atoms with Gasteiger partial charge in [-0.3, -0.25) is 18.2 Å². The molecule has 0 amide bonds. The zero-order valence-corrected chi connectivity index (χ0v) is 21.4. The molecular weight excluding hydrogens is 341 g/mol. The summed E-state index contributed by atoms with van der Waals surface area (Å²) in [5.74, 6) is 0. The number of allylic oxidation sites excluding steroid dienone is 3. The van der Waals surface area contributed by atoms with Crippen molar-refractivity contribution in [2.24, 2.45) is 0 Å². The van der Waals surface area contributed by atoms with E-state index >= 15 is 0 Å². The van der Waals surface area contributed by atoms with Crippen LogP contribution in [0.1, 0.15) is 0 Å². The monoisotopic (exact) mass is 379 g/mol. The van der Waals surface area contributed by atoms with Crippen LogP contribution in [0.5, 0.6) is 0 Å². The topological polar surface area (TPSA) is 0 Å². The fourth-order valence-electron chi connectivity index (χ4n) is 2.06. The van der Waals surface area contributed by atoms with Gasteiger partial charge in [0, 0.05) is 0 Å². The number of hydrogen-bond donors (Lipinski definition) is 0. The predicted molar refractivity (Wildman–Crippen MR) is 120 cm³/mol. The Morgan fingerprint density at radius 3 is 0.870 bits per heavy atom. The van der Waals surface area contributed by atoms with E-state index in [1.165, 1.54) is 18.1 Å². The molecule has 0 heterocycles. The lowest BCUT2D eigenvalue weighted by Gasteiger charge is -2.34. The van der Waals surface area contributed by atoms with Gasteiger partial charge in [0.15, 0.2) is 0 Å². The molecule has 0 N–H and O–H groups in total. The van der Waals surface area contributed by atoms with E-state index in [2.05, 4.69) is 101 Å². The molecule has 0 atom stereocenters. The molecule has 4 heteroatoms. The SMILES string of the molecule is C[Si](C)(C)[C-]=CC[Si](C)(CC=[C-][Si](C)(C)C)CC=[C-][Si](C)(C)C. The summed E-state index contributed by atoms with van der Waals surface area (Å²) in [6.07, 6.45) is 7.13. The number of rotatable bonds is 9. The average Bonchev–Trinajstić information content (AvgIpc) is 2.22. The molecule has 0 aromatic heterocycles. The maximum absolute atomic E-state index is 3.69. The van der Waals surface area contributed by atoms with Gasteiger partial charge in [-0.25, -0.2) is 0 Å². The largest absolute Gasteiger partial charge is 0.502 e. The van der Waals surface area contributed by atoms with Crippen LogP contribution in [0.25, 0.3) is 0 Å². The Morgan fingerprint density at radius 1 is 0.478 bits per heavy atom. The van der Waals surface area contributed by atoms with Crippen LogP contribution in [0, 0.1) is 17.1 Å². The number of hydrogen-bond acceptors (Lipinski definition) is 0. The van der Waals surface area contributed by atoms with E-state index in [4.69, 9.17) is 0 Å². The lowest BCUT2D eigenvalue weighted by atomic mass is 10.7. The molecule has 0 radical (unpaired) electrons. The molecule has 0 unspecified atom stereocenters. The van der Waals surface area contributed by atoms with Gasteiger partial charge in [0.05, 0.1) is 8.07 Å². The predicted octanol–water partition coefficient (Wildman–Crippen LogP) is 6.78. The molecule has 0 rings (SSSR count). The third-order valence-electron chi connectivity index (χ3n) is 3.39. The van der Waals surface area contributed by atoms with E-state index in [1.807, 2.05) is 0 Å². The first-order valence-corrected chi connectivity index (χ1v) is 22.5. The Bertz CT molecular complexity index is 361. The van der Waals surface area contributed by atoms with E-state index in [9.17, 15) is 0 Å². The summed E-state index contributed by atoms with van der Waals surface area (Å²) in [7, 11) is -4.94. The molecule has 0 saturated carbocycles. The molecule has 0 aromatic carbocycles. The van der Waals surface area contributed by atoms with Crippen LogP contribution >= 0.6 is 0 Å². The molecule has 0 aromatic rings. The first kappa shape index (κ1) is 23.1. The van der Waals surface area contributed by atoms with Crippen molar-refractivity contribution in [3.05, 3.63) is 35.3 Å². The molecule has 23 heavy (non-hydrogen) atoms. The second kappa shape index (κ2) is 8.97. The third kappa shape index (κ3) is 15.4. The van der Waals surface area contributed by atoms with E-state index in [0.29, 0.717) is 0 Å². The molecule has 0 bridgehead atoms.